The van der Waals surface area contributed by atoms with E-state index in [2.05, 4.69) is 27.2 Å². The van der Waals surface area contributed by atoms with Gasteiger partial charge in [-0.25, -0.2) is 0 Å². The van der Waals surface area contributed by atoms with Crippen LogP contribution in [0, 0.1) is 0 Å². The molecule has 0 unspecified atom stereocenters. The fraction of sp³-hybridized carbons (Fsp3) is 0.500. The minimum absolute atomic E-state index is 0.101. The van der Waals surface area contributed by atoms with E-state index in [4.69, 9.17) is 14.2 Å². The summed E-state index contributed by atoms with van der Waals surface area (Å²) in [5.74, 6) is 1.82. The van der Waals surface area contributed by atoms with Gasteiger partial charge in [0.2, 0.25) is 5.91 Å². The average molecular weight is 454 g/mol. The zero-order valence-corrected chi connectivity index (χ0v) is 19.7. The molecule has 2 aliphatic heterocycles. The molecule has 0 saturated carbocycles. The highest BCUT2D eigenvalue weighted by atomic mass is 16.5. The number of hydrogen-bond donors (Lipinski definition) is 1. The Morgan fingerprint density at radius 3 is 2.33 bits per heavy atom. The van der Waals surface area contributed by atoms with Crippen LogP contribution >= 0.6 is 0 Å². The lowest BCUT2D eigenvalue weighted by Crippen LogP contribution is -2.51. The molecule has 0 spiro atoms. The van der Waals surface area contributed by atoms with Crippen LogP contribution in [0.4, 0.5) is 5.69 Å². The van der Waals surface area contributed by atoms with E-state index in [1.165, 1.54) is 0 Å². The second-order valence-corrected chi connectivity index (χ2v) is 8.68. The van der Waals surface area contributed by atoms with Crippen molar-refractivity contribution >= 4 is 11.6 Å². The predicted molar refractivity (Wildman–Crippen MR) is 129 cm³/mol. The molecule has 1 amide bonds. The smallest absolute Gasteiger partial charge is 0.230 e. The van der Waals surface area contributed by atoms with Crippen LogP contribution < -0.4 is 19.7 Å². The Morgan fingerprint density at radius 2 is 1.67 bits per heavy atom. The number of methoxy groups -OCH3 is 2. The van der Waals surface area contributed by atoms with Gasteiger partial charge in [-0.3, -0.25) is 9.69 Å². The number of rotatable bonds is 8. The third kappa shape index (κ3) is 5.25. The van der Waals surface area contributed by atoms with Crippen molar-refractivity contribution in [2.45, 2.75) is 18.3 Å². The quantitative estimate of drug-likeness (QED) is 0.663. The van der Waals surface area contributed by atoms with Gasteiger partial charge in [-0.05, 0) is 42.7 Å². The summed E-state index contributed by atoms with van der Waals surface area (Å²) in [5, 5.41) is 3.23. The number of benzene rings is 2. The summed E-state index contributed by atoms with van der Waals surface area (Å²) >= 11 is 0. The summed E-state index contributed by atoms with van der Waals surface area (Å²) in [6.45, 7) is 6.52. The molecule has 7 nitrogen and oxygen atoms in total. The van der Waals surface area contributed by atoms with Gasteiger partial charge in [0.05, 0.1) is 25.3 Å². The normalized spacial score (nSPS) is 18.5. The Bertz CT molecular complexity index is 904. The number of para-hydroxylation sites is 2. The van der Waals surface area contributed by atoms with Crippen molar-refractivity contribution in [1.82, 2.24) is 10.2 Å². The standard InChI is InChI=1S/C26H35N3O4/c1-31-22-9-7-21(8-10-22)26(11-19-33-20-12-26)25(30)27-13-14-28-15-17-29(18-16-28)23-5-3-4-6-24(23)32-2/h3-10H,11-20H2,1-2H3,(H,27,30). The maximum Gasteiger partial charge on any atom is 0.230 e. The lowest BCUT2D eigenvalue weighted by Gasteiger charge is -2.38. The van der Waals surface area contributed by atoms with E-state index in [0.717, 1.165) is 55.5 Å². The second-order valence-electron chi connectivity index (χ2n) is 8.68. The van der Waals surface area contributed by atoms with Gasteiger partial charge in [0, 0.05) is 52.5 Å². The van der Waals surface area contributed by atoms with Gasteiger partial charge < -0.3 is 24.4 Å². The van der Waals surface area contributed by atoms with Crippen LogP contribution in [0.5, 0.6) is 11.5 Å². The molecule has 0 atom stereocenters. The van der Waals surface area contributed by atoms with Crippen LogP contribution in [0.15, 0.2) is 48.5 Å². The van der Waals surface area contributed by atoms with E-state index in [1.54, 1.807) is 14.2 Å². The summed E-state index contributed by atoms with van der Waals surface area (Å²) in [4.78, 5) is 18.2. The van der Waals surface area contributed by atoms with E-state index in [0.29, 0.717) is 32.6 Å². The first kappa shape index (κ1) is 23.4. The van der Waals surface area contributed by atoms with Crippen molar-refractivity contribution in [3.63, 3.8) is 0 Å². The average Bonchev–Trinajstić information content (AvgIpc) is 2.89. The zero-order chi connectivity index (χ0) is 23.1. The van der Waals surface area contributed by atoms with Crippen LogP contribution in [0.3, 0.4) is 0 Å². The van der Waals surface area contributed by atoms with E-state index < -0.39 is 5.41 Å². The molecule has 0 aliphatic carbocycles. The molecular formula is C26H35N3O4. The Labute approximate surface area is 196 Å². The number of nitrogens with zero attached hydrogens (tertiary/aromatic N) is 2. The minimum Gasteiger partial charge on any atom is -0.497 e. The van der Waals surface area contributed by atoms with Crippen molar-refractivity contribution in [1.29, 1.82) is 0 Å². The molecule has 2 heterocycles. The van der Waals surface area contributed by atoms with Crippen molar-refractivity contribution in [3.8, 4) is 11.5 Å². The first-order valence-electron chi connectivity index (χ1n) is 11.8. The molecule has 2 fully saturated rings. The SMILES string of the molecule is COc1ccc(C2(C(=O)NCCN3CCN(c4ccccc4OC)CC3)CCOCC2)cc1. The number of carbonyl (C=O) groups excluding carboxylic acids is 1. The number of nitrogens with one attached hydrogen (secondary N) is 1. The van der Waals surface area contributed by atoms with Crippen LogP contribution in [-0.2, 0) is 14.9 Å². The van der Waals surface area contributed by atoms with Gasteiger partial charge in [0.15, 0.2) is 0 Å². The number of ether oxygens (including phenoxy) is 3. The van der Waals surface area contributed by atoms with Crippen molar-refractivity contribution in [2.24, 2.45) is 0 Å². The fourth-order valence-corrected chi connectivity index (χ4v) is 4.88. The van der Waals surface area contributed by atoms with Crippen molar-refractivity contribution in [3.05, 3.63) is 54.1 Å². The van der Waals surface area contributed by atoms with Gasteiger partial charge in [-0.1, -0.05) is 24.3 Å². The van der Waals surface area contributed by atoms with E-state index >= 15 is 0 Å². The van der Waals surface area contributed by atoms with Crippen LogP contribution in [0.2, 0.25) is 0 Å². The summed E-state index contributed by atoms with van der Waals surface area (Å²) in [5.41, 5.74) is 1.65. The number of hydrogen-bond acceptors (Lipinski definition) is 6. The lowest BCUT2D eigenvalue weighted by molar-refractivity contribution is -0.130. The molecule has 2 saturated heterocycles. The molecular weight excluding hydrogens is 418 g/mol. The molecule has 0 bridgehead atoms. The lowest BCUT2D eigenvalue weighted by atomic mass is 9.73. The molecule has 0 radical (unpaired) electrons. The van der Waals surface area contributed by atoms with Gasteiger partial charge >= 0.3 is 0 Å². The second kappa shape index (κ2) is 10.9. The molecule has 2 aliphatic rings. The first-order valence-corrected chi connectivity index (χ1v) is 11.8. The zero-order valence-electron chi connectivity index (χ0n) is 19.7. The highest BCUT2D eigenvalue weighted by molar-refractivity contribution is 5.88. The van der Waals surface area contributed by atoms with Gasteiger partial charge in [-0.15, -0.1) is 0 Å². The topological polar surface area (TPSA) is 63.3 Å². The highest BCUT2D eigenvalue weighted by Crippen LogP contribution is 2.36. The Morgan fingerprint density at radius 1 is 0.970 bits per heavy atom. The molecule has 4 rings (SSSR count). The molecule has 178 valence electrons. The molecule has 2 aromatic carbocycles. The summed E-state index contributed by atoms with van der Waals surface area (Å²) < 4.78 is 16.4. The van der Waals surface area contributed by atoms with Gasteiger partial charge in [0.25, 0.3) is 0 Å². The Balaban J connectivity index is 1.30. The molecule has 33 heavy (non-hydrogen) atoms. The number of amides is 1. The van der Waals surface area contributed by atoms with Gasteiger partial charge in [0.1, 0.15) is 11.5 Å². The fourth-order valence-electron chi connectivity index (χ4n) is 4.88. The first-order chi connectivity index (χ1) is 16.2. The van der Waals surface area contributed by atoms with Crippen LogP contribution in [0.25, 0.3) is 0 Å². The molecule has 2 aromatic rings. The molecule has 1 N–H and O–H groups in total. The van der Waals surface area contributed by atoms with Crippen LogP contribution in [0.1, 0.15) is 18.4 Å². The summed E-state index contributed by atoms with van der Waals surface area (Å²) in [6.07, 6.45) is 1.39. The molecule has 0 aromatic heterocycles. The van der Waals surface area contributed by atoms with Crippen LogP contribution in [-0.4, -0.2) is 77.5 Å². The van der Waals surface area contributed by atoms with E-state index in [1.807, 2.05) is 36.4 Å². The maximum atomic E-state index is 13.4. The third-order valence-electron chi connectivity index (χ3n) is 6.94. The number of anilines is 1. The van der Waals surface area contributed by atoms with E-state index in [-0.39, 0.29) is 5.91 Å². The summed E-state index contributed by atoms with van der Waals surface area (Å²) in [6, 6.07) is 16.1. The number of carbonyl (C=O) groups is 1. The Kier molecular flexibility index (Phi) is 7.73. The Hall–Kier alpha value is -2.77. The predicted octanol–water partition coefficient (Wildman–Crippen LogP) is 2.69. The maximum absolute atomic E-state index is 13.4. The van der Waals surface area contributed by atoms with Gasteiger partial charge in [-0.2, -0.15) is 0 Å². The minimum atomic E-state index is -0.535. The van der Waals surface area contributed by atoms with E-state index in [9.17, 15) is 4.79 Å². The largest absolute Gasteiger partial charge is 0.497 e. The number of piperazine rings is 1. The van der Waals surface area contributed by atoms with Crippen molar-refractivity contribution < 1.29 is 19.0 Å². The summed E-state index contributed by atoms with van der Waals surface area (Å²) in [7, 11) is 3.37. The third-order valence-corrected chi connectivity index (χ3v) is 6.94. The molecule has 7 heteroatoms. The highest BCUT2D eigenvalue weighted by Gasteiger charge is 2.41. The monoisotopic (exact) mass is 453 g/mol. The van der Waals surface area contributed by atoms with Crippen molar-refractivity contribution in [2.75, 3.05) is 71.6 Å².